The Morgan fingerprint density at radius 2 is 1.92 bits per heavy atom. The zero-order valence-electron chi connectivity index (χ0n) is 13.7. The number of hydrogen-bond donors (Lipinski definition) is 0. The highest BCUT2D eigenvalue weighted by Gasteiger charge is 2.15. The molecule has 0 aliphatic heterocycles. The van der Waals surface area contributed by atoms with E-state index in [1.54, 1.807) is 38.1 Å². The van der Waals surface area contributed by atoms with E-state index in [1.807, 2.05) is 18.2 Å². The van der Waals surface area contributed by atoms with Crippen molar-refractivity contribution in [1.82, 2.24) is 4.98 Å². The number of oxazole rings is 1. The number of carbonyl (C=O) groups excluding carboxylic acids is 1. The molecule has 0 bridgehead atoms. The van der Waals surface area contributed by atoms with Gasteiger partial charge in [-0.2, -0.15) is 4.98 Å². The summed E-state index contributed by atoms with van der Waals surface area (Å²) in [6.45, 7) is 3.71. The van der Waals surface area contributed by atoms with Crippen LogP contribution in [0.25, 0.3) is 11.1 Å². The summed E-state index contributed by atoms with van der Waals surface area (Å²) < 4.78 is 22.5. The van der Waals surface area contributed by atoms with Gasteiger partial charge < -0.3 is 18.6 Å². The Balaban J connectivity index is 1.66. The Bertz CT molecular complexity index is 875. The van der Waals surface area contributed by atoms with Crippen LogP contribution in [0.4, 0.5) is 0 Å². The number of rotatable bonds is 6. The molecule has 7 heteroatoms. The number of aromatic nitrogens is 1. The van der Waals surface area contributed by atoms with E-state index in [0.29, 0.717) is 29.2 Å². The monoisotopic (exact) mass is 405 g/mol. The number of hydrogen-bond acceptors (Lipinski definition) is 6. The molecule has 0 aliphatic rings. The lowest BCUT2D eigenvalue weighted by atomic mass is 10.3. The first-order valence-electron chi connectivity index (χ1n) is 7.72. The van der Waals surface area contributed by atoms with Gasteiger partial charge in [0.1, 0.15) is 17.0 Å². The topological polar surface area (TPSA) is 70.8 Å². The van der Waals surface area contributed by atoms with Crippen molar-refractivity contribution in [2.24, 2.45) is 0 Å². The molecule has 1 aromatic heterocycles. The number of nitrogens with zero attached hydrogens (tertiary/aromatic N) is 1. The number of carbonyl (C=O) groups is 1. The molecular weight excluding hydrogens is 390 g/mol. The van der Waals surface area contributed by atoms with Gasteiger partial charge in [-0.15, -0.1) is 0 Å². The van der Waals surface area contributed by atoms with E-state index < -0.39 is 12.1 Å². The molecule has 2 aromatic carbocycles. The van der Waals surface area contributed by atoms with E-state index in [-0.39, 0.29) is 6.08 Å². The lowest BCUT2D eigenvalue weighted by Gasteiger charge is -2.13. The Morgan fingerprint density at radius 1 is 1.20 bits per heavy atom. The van der Waals surface area contributed by atoms with Gasteiger partial charge in [-0.25, -0.2) is 4.79 Å². The van der Waals surface area contributed by atoms with Crippen LogP contribution in [0.1, 0.15) is 13.8 Å². The van der Waals surface area contributed by atoms with Gasteiger partial charge >= 0.3 is 12.0 Å². The van der Waals surface area contributed by atoms with Gasteiger partial charge in [-0.3, -0.25) is 0 Å². The quantitative estimate of drug-likeness (QED) is 0.552. The molecule has 0 N–H and O–H groups in total. The van der Waals surface area contributed by atoms with Crippen LogP contribution < -0.4 is 9.47 Å². The molecule has 1 atom stereocenters. The number of esters is 1. The lowest BCUT2D eigenvalue weighted by Crippen LogP contribution is -2.25. The summed E-state index contributed by atoms with van der Waals surface area (Å²) in [5.41, 5.74) is 1.34. The molecular formula is C18H16BrNO5. The minimum absolute atomic E-state index is 0.154. The van der Waals surface area contributed by atoms with Crippen molar-refractivity contribution in [1.29, 1.82) is 0 Å². The molecule has 0 saturated carbocycles. The SMILES string of the molecule is CCOC(=O)[C@@H](C)Oc1ccc(Oc2nc3ccc(Br)cc3o2)cc1. The molecule has 3 rings (SSSR count). The minimum Gasteiger partial charge on any atom is -0.479 e. The molecule has 130 valence electrons. The smallest absolute Gasteiger partial charge is 0.400 e. The second-order valence-electron chi connectivity index (χ2n) is 5.18. The van der Waals surface area contributed by atoms with Crippen molar-refractivity contribution < 1.29 is 23.4 Å². The summed E-state index contributed by atoms with van der Waals surface area (Å²) in [5.74, 6) is 0.677. The average Bonchev–Trinajstić information content (AvgIpc) is 2.98. The van der Waals surface area contributed by atoms with Gasteiger partial charge in [0.2, 0.25) is 0 Å². The normalized spacial score (nSPS) is 12.0. The maximum atomic E-state index is 11.6. The zero-order valence-corrected chi connectivity index (χ0v) is 15.3. The van der Waals surface area contributed by atoms with E-state index >= 15 is 0 Å². The third-order valence-corrected chi connectivity index (χ3v) is 3.78. The van der Waals surface area contributed by atoms with Crippen LogP contribution in [0.3, 0.4) is 0 Å². The first-order chi connectivity index (χ1) is 12.0. The van der Waals surface area contributed by atoms with E-state index in [4.69, 9.17) is 18.6 Å². The number of fused-ring (bicyclic) bond motifs is 1. The summed E-state index contributed by atoms with van der Waals surface area (Å²) in [6, 6.07) is 12.3. The van der Waals surface area contributed by atoms with Crippen LogP contribution in [0.5, 0.6) is 17.6 Å². The second kappa shape index (κ2) is 7.57. The van der Waals surface area contributed by atoms with Gasteiger partial charge in [-0.05, 0) is 56.3 Å². The summed E-state index contributed by atoms with van der Waals surface area (Å²) in [5, 5.41) is 0. The van der Waals surface area contributed by atoms with Crippen LogP contribution >= 0.6 is 15.9 Å². The average molecular weight is 406 g/mol. The molecule has 25 heavy (non-hydrogen) atoms. The fourth-order valence-corrected chi connectivity index (χ4v) is 2.46. The highest BCUT2D eigenvalue weighted by molar-refractivity contribution is 9.10. The second-order valence-corrected chi connectivity index (χ2v) is 6.09. The molecule has 0 spiro atoms. The fourth-order valence-electron chi connectivity index (χ4n) is 2.12. The standard InChI is InChI=1S/C18H16BrNO5/c1-3-22-17(21)11(2)23-13-5-7-14(8-6-13)24-18-20-15-9-4-12(19)10-16(15)25-18/h4-11H,3H2,1-2H3/t11-/m1/s1. The predicted octanol–water partition coefficient (Wildman–Crippen LogP) is 4.71. The Kier molecular flexibility index (Phi) is 5.23. The molecule has 0 fully saturated rings. The van der Waals surface area contributed by atoms with Gasteiger partial charge in [0.25, 0.3) is 0 Å². The van der Waals surface area contributed by atoms with Crippen LogP contribution in [0, 0.1) is 0 Å². The maximum absolute atomic E-state index is 11.6. The molecule has 6 nitrogen and oxygen atoms in total. The Hall–Kier alpha value is -2.54. The molecule has 0 amide bonds. The number of benzene rings is 2. The van der Waals surface area contributed by atoms with Crippen molar-refractivity contribution >= 4 is 33.0 Å². The summed E-state index contributed by atoms with van der Waals surface area (Å²) in [7, 11) is 0. The van der Waals surface area contributed by atoms with Crippen molar-refractivity contribution in [2.75, 3.05) is 6.61 Å². The van der Waals surface area contributed by atoms with Gasteiger partial charge in [-0.1, -0.05) is 15.9 Å². The molecule has 1 heterocycles. The van der Waals surface area contributed by atoms with Crippen LogP contribution in [0.2, 0.25) is 0 Å². The Morgan fingerprint density at radius 3 is 2.64 bits per heavy atom. The van der Waals surface area contributed by atoms with E-state index in [0.717, 1.165) is 4.47 Å². The van der Waals surface area contributed by atoms with Gasteiger partial charge in [0.05, 0.1) is 6.61 Å². The molecule has 0 saturated heterocycles. The molecule has 0 radical (unpaired) electrons. The maximum Gasteiger partial charge on any atom is 0.400 e. The predicted molar refractivity (Wildman–Crippen MR) is 94.9 cm³/mol. The zero-order chi connectivity index (χ0) is 17.8. The summed E-state index contributed by atoms with van der Waals surface area (Å²) in [4.78, 5) is 15.8. The highest BCUT2D eigenvalue weighted by atomic mass is 79.9. The van der Waals surface area contributed by atoms with Gasteiger partial charge in [0.15, 0.2) is 11.7 Å². The first kappa shape index (κ1) is 17.3. The summed E-state index contributed by atoms with van der Waals surface area (Å²) in [6.07, 6.45) is -0.524. The first-order valence-corrected chi connectivity index (χ1v) is 8.51. The van der Waals surface area contributed by atoms with Crippen molar-refractivity contribution in [3.63, 3.8) is 0 Å². The highest BCUT2D eigenvalue weighted by Crippen LogP contribution is 2.28. The lowest BCUT2D eigenvalue weighted by molar-refractivity contribution is -0.150. The van der Waals surface area contributed by atoms with E-state index in [1.165, 1.54) is 0 Å². The Labute approximate surface area is 152 Å². The number of ether oxygens (including phenoxy) is 3. The van der Waals surface area contributed by atoms with Crippen molar-refractivity contribution in [3.05, 3.63) is 46.9 Å². The van der Waals surface area contributed by atoms with Crippen molar-refractivity contribution in [2.45, 2.75) is 20.0 Å². The van der Waals surface area contributed by atoms with Crippen LogP contribution in [-0.4, -0.2) is 23.7 Å². The minimum atomic E-state index is -0.679. The van der Waals surface area contributed by atoms with E-state index in [2.05, 4.69) is 20.9 Å². The third kappa shape index (κ3) is 4.30. The van der Waals surface area contributed by atoms with Crippen LogP contribution in [-0.2, 0) is 9.53 Å². The molecule has 3 aromatic rings. The molecule has 0 unspecified atom stereocenters. The van der Waals surface area contributed by atoms with Gasteiger partial charge in [0, 0.05) is 4.47 Å². The molecule has 0 aliphatic carbocycles. The number of halogens is 1. The largest absolute Gasteiger partial charge is 0.479 e. The van der Waals surface area contributed by atoms with Crippen molar-refractivity contribution in [3.8, 4) is 17.6 Å². The van der Waals surface area contributed by atoms with E-state index in [9.17, 15) is 4.79 Å². The van der Waals surface area contributed by atoms with Crippen LogP contribution in [0.15, 0.2) is 51.4 Å². The fraction of sp³-hybridized carbons (Fsp3) is 0.222. The third-order valence-electron chi connectivity index (χ3n) is 3.29. The summed E-state index contributed by atoms with van der Waals surface area (Å²) >= 11 is 3.38.